The average molecular weight is 409 g/mol. The number of nitrogens with one attached hydrogen (secondary N) is 1. The lowest BCUT2D eigenvalue weighted by molar-refractivity contribution is -0.117. The molecule has 7 nitrogen and oxygen atoms in total. The van der Waals surface area contributed by atoms with Crippen LogP contribution in [-0.2, 0) is 4.79 Å². The predicted molar refractivity (Wildman–Crippen MR) is 114 cm³/mol. The molecular formula is C23H27N3O4. The van der Waals surface area contributed by atoms with Crippen molar-refractivity contribution >= 4 is 17.5 Å². The first kappa shape index (κ1) is 20.2. The van der Waals surface area contributed by atoms with E-state index < -0.39 is 0 Å². The molecule has 158 valence electrons. The van der Waals surface area contributed by atoms with E-state index in [-0.39, 0.29) is 17.9 Å². The normalized spacial score (nSPS) is 18.1. The fraction of sp³-hybridized carbons (Fsp3) is 0.391. The SMILES string of the molecule is CN(C)C(=O)c1ccc(NC(=O)CN2CCC[C@H]2c2ccc3c(c2)OCCO3)cc1. The molecule has 30 heavy (non-hydrogen) atoms. The number of carbonyl (C=O) groups excluding carboxylic acids is 2. The van der Waals surface area contributed by atoms with E-state index in [1.807, 2.05) is 12.1 Å². The van der Waals surface area contributed by atoms with Gasteiger partial charge in [0.25, 0.3) is 5.91 Å². The second kappa shape index (κ2) is 8.75. The molecule has 2 aliphatic rings. The highest BCUT2D eigenvalue weighted by atomic mass is 16.6. The number of anilines is 1. The summed E-state index contributed by atoms with van der Waals surface area (Å²) in [5.41, 5.74) is 2.43. The van der Waals surface area contributed by atoms with Crippen LogP contribution in [0.5, 0.6) is 11.5 Å². The van der Waals surface area contributed by atoms with Crippen LogP contribution in [0.1, 0.15) is 34.8 Å². The van der Waals surface area contributed by atoms with E-state index in [2.05, 4.69) is 16.3 Å². The molecule has 2 aromatic rings. The van der Waals surface area contributed by atoms with Crippen LogP contribution in [0.15, 0.2) is 42.5 Å². The van der Waals surface area contributed by atoms with Gasteiger partial charge < -0.3 is 19.7 Å². The molecule has 0 bridgehead atoms. The topological polar surface area (TPSA) is 71.1 Å². The summed E-state index contributed by atoms with van der Waals surface area (Å²) in [6, 6.07) is 13.2. The fourth-order valence-electron chi connectivity index (χ4n) is 4.00. The van der Waals surface area contributed by atoms with Crippen molar-refractivity contribution in [2.45, 2.75) is 18.9 Å². The number of ether oxygens (including phenoxy) is 2. The van der Waals surface area contributed by atoms with Gasteiger partial charge in [-0.05, 0) is 61.3 Å². The van der Waals surface area contributed by atoms with Gasteiger partial charge in [-0.1, -0.05) is 6.07 Å². The highest BCUT2D eigenvalue weighted by molar-refractivity contribution is 5.96. The summed E-state index contributed by atoms with van der Waals surface area (Å²) in [4.78, 5) is 28.3. The van der Waals surface area contributed by atoms with Gasteiger partial charge in [-0.25, -0.2) is 0 Å². The number of amides is 2. The van der Waals surface area contributed by atoms with E-state index in [4.69, 9.17) is 9.47 Å². The van der Waals surface area contributed by atoms with Crippen LogP contribution < -0.4 is 14.8 Å². The molecule has 0 spiro atoms. The molecule has 2 aromatic carbocycles. The summed E-state index contributed by atoms with van der Waals surface area (Å²) in [6.07, 6.45) is 2.06. The van der Waals surface area contributed by atoms with E-state index in [0.717, 1.165) is 36.4 Å². The third kappa shape index (κ3) is 4.41. The van der Waals surface area contributed by atoms with Crippen LogP contribution in [0.4, 0.5) is 5.69 Å². The Labute approximate surface area is 176 Å². The zero-order valence-corrected chi connectivity index (χ0v) is 17.4. The summed E-state index contributed by atoms with van der Waals surface area (Å²) in [6.45, 7) is 2.33. The van der Waals surface area contributed by atoms with Crippen molar-refractivity contribution in [3.63, 3.8) is 0 Å². The highest BCUT2D eigenvalue weighted by Gasteiger charge is 2.28. The largest absolute Gasteiger partial charge is 0.486 e. The van der Waals surface area contributed by atoms with Gasteiger partial charge in [0, 0.05) is 31.4 Å². The van der Waals surface area contributed by atoms with Crippen LogP contribution in [0, 0.1) is 0 Å². The van der Waals surface area contributed by atoms with Gasteiger partial charge in [0.05, 0.1) is 6.54 Å². The van der Waals surface area contributed by atoms with Gasteiger partial charge >= 0.3 is 0 Å². The molecule has 2 heterocycles. The Morgan fingerprint density at radius 3 is 2.53 bits per heavy atom. The maximum absolute atomic E-state index is 12.6. The molecule has 0 saturated carbocycles. The molecule has 1 atom stereocenters. The van der Waals surface area contributed by atoms with Gasteiger partial charge in [-0.2, -0.15) is 0 Å². The number of hydrogen-bond donors (Lipinski definition) is 1. The van der Waals surface area contributed by atoms with Crippen LogP contribution in [0.3, 0.4) is 0 Å². The lowest BCUT2D eigenvalue weighted by atomic mass is 10.0. The lowest BCUT2D eigenvalue weighted by Gasteiger charge is -2.26. The Morgan fingerprint density at radius 2 is 1.80 bits per heavy atom. The molecule has 4 rings (SSSR count). The minimum Gasteiger partial charge on any atom is -0.486 e. The number of benzene rings is 2. The van der Waals surface area contributed by atoms with E-state index in [1.54, 1.807) is 38.4 Å². The molecular weight excluding hydrogens is 382 g/mol. The minimum absolute atomic E-state index is 0.0628. The molecule has 2 amide bonds. The summed E-state index contributed by atoms with van der Waals surface area (Å²) < 4.78 is 11.3. The van der Waals surface area contributed by atoms with Gasteiger partial charge in [-0.3, -0.25) is 14.5 Å². The Balaban J connectivity index is 1.38. The summed E-state index contributed by atoms with van der Waals surface area (Å²) in [7, 11) is 3.43. The van der Waals surface area contributed by atoms with E-state index in [0.29, 0.717) is 31.0 Å². The maximum atomic E-state index is 12.6. The Morgan fingerprint density at radius 1 is 1.07 bits per heavy atom. The first-order valence-corrected chi connectivity index (χ1v) is 10.3. The molecule has 0 unspecified atom stereocenters. The average Bonchev–Trinajstić information content (AvgIpc) is 3.21. The third-order valence-electron chi connectivity index (χ3n) is 5.48. The summed E-state index contributed by atoms with van der Waals surface area (Å²) in [5.74, 6) is 1.43. The fourth-order valence-corrected chi connectivity index (χ4v) is 4.00. The zero-order valence-electron chi connectivity index (χ0n) is 17.4. The number of likely N-dealkylation sites (tertiary alicyclic amines) is 1. The number of carbonyl (C=O) groups is 2. The first-order chi connectivity index (χ1) is 14.5. The van der Waals surface area contributed by atoms with Gasteiger partial charge in [0.2, 0.25) is 5.91 Å². The molecule has 0 radical (unpaired) electrons. The highest BCUT2D eigenvalue weighted by Crippen LogP contribution is 2.37. The van der Waals surface area contributed by atoms with E-state index >= 15 is 0 Å². The number of nitrogens with zero attached hydrogens (tertiary/aromatic N) is 2. The second-order valence-electron chi connectivity index (χ2n) is 7.86. The molecule has 0 aromatic heterocycles. The second-order valence-corrected chi connectivity index (χ2v) is 7.86. The molecule has 1 N–H and O–H groups in total. The monoisotopic (exact) mass is 409 g/mol. The van der Waals surface area contributed by atoms with Gasteiger partial charge in [0.1, 0.15) is 13.2 Å². The molecule has 1 fully saturated rings. The minimum atomic E-state index is -0.0638. The molecule has 0 aliphatic carbocycles. The van der Waals surface area contributed by atoms with Crippen molar-refractivity contribution in [2.75, 3.05) is 45.7 Å². The summed E-state index contributed by atoms with van der Waals surface area (Å²) in [5, 5.41) is 2.94. The van der Waals surface area contributed by atoms with Crippen molar-refractivity contribution < 1.29 is 19.1 Å². The van der Waals surface area contributed by atoms with Crippen molar-refractivity contribution in [3.8, 4) is 11.5 Å². The molecule has 7 heteroatoms. The third-order valence-corrected chi connectivity index (χ3v) is 5.48. The standard InChI is InChI=1S/C23H27N3O4/c1-25(2)23(28)16-5-8-18(9-6-16)24-22(27)15-26-11-3-4-19(26)17-7-10-20-21(14-17)30-13-12-29-20/h5-10,14,19H,3-4,11-13,15H2,1-2H3,(H,24,27)/t19-/m0/s1. The number of fused-ring (bicyclic) bond motifs is 1. The van der Waals surface area contributed by atoms with Crippen molar-refractivity contribution in [2.24, 2.45) is 0 Å². The summed E-state index contributed by atoms with van der Waals surface area (Å²) >= 11 is 0. The molecule has 2 aliphatic heterocycles. The molecule has 1 saturated heterocycles. The van der Waals surface area contributed by atoms with Crippen LogP contribution in [-0.4, -0.2) is 62.0 Å². The maximum Gasteiger partial charge on any atom is 0.253 e. The van der Waals surface area contributed by atoms with Crippen LogP contribution in [0.25, 0.3) is 0 Å². The lowest BCUT2D eigenvalue weighted by Crippen LogP contribution is -2.33. The van der Waals surface area contributed by atoms with E-state index in [1.165, 1.54) is 4.90 Å². The predicted octanol–water partition coefficient (Wildman–Crippen LogP) is 2.94. The van der Waals surface area contributed by atoms with Gasteiger partial charge in [-0.15, -0.1) is 0 Å². The Bertz CT molecular complexity index is 927. The number of hydrogen-bond acceptors (Lipinski definition) is 5. The first-order valence-electron chi connectivity index (χ1n) is 10.3. The van der Waals surface area contributed by atoms with Gasteiger partial charge in [0.15, 0.2) is 11.5 Å². The van der Waals surface area contributed by atoms with E-state index in [9.17, 15) is 9.59 Å². The number of rotatable bonds is 5. The zero-order chi connectivity index (χ0) is 21.1. The Kier molecular flexibility index (Phi) is 5.90. The Hall–Kier alpha value is -3.06. The van der Waals surface area contributed by atoms with Crippen LogP contribution >= 0.6 is 0 Å². The van der Waals surface area contributed by atoms with Crippen molar-refractivity contribution in [1.82, 2.24) is 9.80 Å². The quantitative estimate of drug-likeness (QED) is 0.822. The van der Waals surface area contributed by atoms with Crippen LogP contribution in [0.2, 0.25) is 0 Å². The van der Waals surface area contributed by atoms with Crippen molar-refractivity contribution in [3.05, 3.63) is 53.6 Å². The van der Waals surface area contributed by atoms with Crippen molar-refractivity contribution in [1.29, 1.82) is 0 Å². The smallest absolute Gasteiger partial charge is 0.253 e.